The SMILES string of the molecule is COC[C@@H](C)C(=O)NNc1cc(C(=O)OC)ccc1Br. The molecular weight excluding hydrogens is 328 g/mol. The summed E-state index contributed by atoms with van der Waals surface area (Å²) in [6, 6.07) is 4.90. The van der Waals surface area contributed by atoms with E-state index in [2.05, 4.69) is 31.5 Å². The van der Waals surface area contributed by atoms with E-state index in [0.717, 1.165) is 0 Å². The largest absolute Gasteiger partial charge is 0.465 e. The average molecular weight is 345 g/mol. The number of anilines is 1. The first-order valence-electron chi connectivity index (χ1n) is 5.92. The molecule has 20 heavy (non-hydrogen) atoms. The van der Waals surface area contributed by atoms with Crippen molar-refractivity contribution in [1.82, 2.24) is 5.43 Å². The van der Waals surface area contributed by atoms with Crippen molar-refractivity contribution in [2.24, 2.45) is 5.92 Å². The molecule has 0 spiro atoms. The number of esters is 1. The smallest absolute Gasteiger partial charge is 0.337 e. The molecule has 0 fully saturated rings. The molecule has 0 aliphatic carbocycles. The Hall–Kier alpha value is -1.60. The van der Waals surface area contributed by atoms with E-state index in [1.807, 2.05) is 0 Å². The first-order chi connectivity index (χ1) is 9.49. The molecule has 0 aliphatic heterocycles. The van der Waals surface area contributed by atoms with Gasteiger partial charge in [0.05, 0.1) is 30.9 Å². The first kappa shape index (κ1) is 16.5. The molecule has 0 aromatic heterocycles. The fraction of sp³-hybridized carbons (Fsp3) is 0.385. The van der Waals surface area contributed by atoms with Gasteiger partial charge in [-0.1, -0.05) is 6.92 Å². The summed E-state index contributed by atoms with van der Waals surface area (Å²) in [5, 5.41) is 0. The van der Waals surface area contributed by atoms with Gasteiger partial charge in [0, 0.05) is 11.6 Å². The zero-order valence-corrected chi connectivity index (χ0v) is 13.1. The molecule has 1 aromatic carbocycles. The van der Waals surface area contributed by atoms with Crippen LogP contribution in [0.1, 0.15) is 17.3 Å². The van der Waals surface area contributed by atoms with E-state index < -0.39 is 5.97 Å². The highest BCUT2D eigenvalue weighted by Gasteiger charge is 2.13. The second-order valence-electron chi connectivity index (χ2n) is 4.16. The van der Waals surface area contributed by atoms with E-state index in [0.29, 0.717) is 22.3 Å². The number of hydrazine groups is 1. The third kappa shape index (κ3) is 4.50. The van der Waals surface area contributed by atoms with Crippen molar-refractivity contribution in [3.05, 3.63) is 28.2 Å². The number of nitrogens with one attached hydrogen (secondary N) is 2. The summed E-state index contributed by atoms with van der Waals surface area (Å²) >= 11 is 3.33. The van der Waals surface area contributed by atoms with Crippen molar-refractivity contribution < 1.29 is 19.1 Å². The normalized spacial score (nSPS) is 11.6. The van der Waals surface area contributed by atoms with Crippen LogP contribution in [-0.4, -0.2) is 32.7 Å². The number of hydrogen-bond donors (Lipinski definition) is 2. The van der Waals surface area contributed by atoms with Crippen LogP contribution in [0.3, 0.4) is 0 Å². The minimum Gasteiger partial charge on any atom is -0.465 e. The maximum absolute atomic E-state index is 11.7. The highest BCUT2D eigenvalue weighted by molar-refractivity contribution is 9.10. The number of carbonyl (C=O) groups excluding carboxylic acids is 2. The van der Waals surface area contributed by atoms with Gasteiger partial charge in [-0.15, -0.1) is 0 Å². The summed E-state index contributed by atoms with van der Waals surface area (Å²) in [4.78, 5) is 23.2. The Bertz CT molecular complexity index is 493. The standard InChI is InChI=1S/C13H17BrN2O4/c1-8(7-19-2)12(17)16-15-11-6-9(13(18)20-3)4-5-10(11)14/h4-6,8,15H,7H2,1-3H3,(H,16,17)/t8-/m1/s1. The summed E-state index contributed by atoms with van der Waals surface area (Å²) in [6.45, 7) is 2.08. The Morgan fingerprint density at radius 2 is 2.05 bits per heavy atom. The lowest BCUT2D eigenvalue weighted by Gasteiger charge is -2.14. The molecular formula is C13H17BrN2O4. The Kier molecular flexibility index (Phi) is 6.47. The minimum atomic E-state index is -0.445. The van der Waals surface area contributed by atoms with E-state index >= 15 is 0 Å². The van der Waals surface area contributed by atoms with Crippen LogP contribution in [0.25, 0.3) is 0 Å². The first-order valence-corrected chi connectivity index (χ1v) is 6.71. The molecule has 110 valence electrons. The summed E-state index contributed by atoms with van der Waals surface area (Å²) in [5.41, 5.74) is 6.27. The summed E-state index contributed by atoms with van der Waals surface area (Å²) < 4.78 is 10.3. The molecule has 0 radical (unpaired) electrons. The quantitative estimate of drug-likeness (QED) is 0.609. The van der Waals surface area contributed by atoms with E-state index in [1.165, 1.54) is 14.2 Å². The zero-order chi connectivity index (χ0) is 15.1. The van der Waals surface area contributed by atoms with Gasteiger partial charge >= 0.3 is 5.97 Å². The van der Waals surface area contributed by atoms with Crippen molar-refractivity contribution in [2.75, 3.05) is 26.3 Å². The molecule has 0 saturated heterocycles. The third-order valence-corrected chi connectivity index (χ3v) is 3.26. The predicted molar refractivity (Wildman–Crippen MR) is 78.3 cm³/mol. The van der Waals surface area contributed by atoms with Gasteiger partial charge in [-0.2, -0.15) is 0 Å². The topological polar surface area (TPSA) is 76.7 Å². The number of ether oxygens (including phenoxy) is 2. The van der Waals surface area contributed by atoms with Gasteiger partial charge in [-0.3, -0.25) is 15.6 Å². The molecule has 1 amide bonds. The molecule has 6 nitrogen and oxygen atoms in total. The second kappa shape index (κ2) is 7.86. The van der Waals surface area contributed by atoms with E-state index in [-0.39, 0.29) is 11.8 Å². The number of rotatable bonds is 6. The highest BCUT2D eigenvalue weighted by Crippen LogP contribution is 2.23. The van der Waals surface area contributed by atoms with Crippen molar-refractivity contribution in [1.29, 1.82) is 0 Å². The average Bonchev–Trinajstić information content (AvgIpc) is 2.45. The molecule has 1 rings (SSSR count). The fourth-order valence-corrected chi connectivity index (χ4v) is 1.79. The van der Waals surface area contributed by atoms with Gasteiger partial charge in [-0.05, 0) is 34.1 Å². The third-order valence-electron chi connectivity index (χ3n) is 2.57. The summed E-state index contributed by atoms with van der Waals surface area (Å²) in [5.74, 6) is -0.933. The Balaban J connectivity index is 2.72. The maximum Gasteiger partial charge on any atom is 0.337 e. The second-order valence-corrected chi connectivity index (χ2v) is 5.01. The van der Waals surface area contributed by atoms with Crippen molar-refractivity contribution in [3.63, 3.8) is 0 Å². The van der Waals surface area contributed by atoms with E-state index in [1.54, 1.807) is 25.1 Å². The lowest BCUT2D eigenvalue weighted by atomic mass is 10.2. The highest BCUT2D eigenvalue weighted by atomic mass is 79.9. The summed E-state index contributed by atoms with van der Waals surface area (Å²) in [6.07, 6.45) is 0. The molecule has 0 saturated carbocycles. The van der Waals surface area contributed by atoms with Crippen LogP contribution in [0.5, 0.6) is 0 Å². The lowest BCUT2D eigenvalue weighted by molar-refractivity contribution is -0.125. The molecule has 7 heteroatoms. The molecule has 0 bridgehead atoms. The minimum absolute atomic E-state index is 0.206. The number of methoxy groups -OCH3 is 2. The number of benzene rings is 1. The van der Waals surface area contributed by atoms with Crippen molar-refractivity contribution in [2.45, 2.75) is 6.92 Å². The van der Waals surface area contributed by atoms with Crippen molar-refractivity contribution in [3.8, 4) is 0 Å². The van der Waals surface area contributed by atoms with Crippen LogP contribution in [0, 0.1) is 5.92 Å². The van der Waals surface area contributed by atoms with Gasteiger partial charge in [0.1, 0.15) is 0 Å². The van der Waals surface area contributed by atoms with Gasteiger partial charge in [0.25, 0.3) is 0 Å². The molecule has 0 heterocycles. The Morgan fingerprint density at radius 1 is 1.35 bits per heavy atom. The Labute approximate surface area is 125 Å². The van der Waals surface area contributed by atoms with Crippen LogP contribution >= 0.6 is 15.9 Å². The molecule has 1 aromatic rings. The molecule has 2 N–H and O–H groups in total. The van der Waals surface area contributed by atoms with Gasteiger partial charge in [0.2, 0.25) is 5.91 Å². The lowest BCUT2D eigenvalue weighted by Crippen LogP contribution is -2.35. The fourth-order valence-electron chi connectivity index (χ4n) is 1.44. The van der Waals surface area contributed by atoms with Crippen LogP contribution in [-0.2, 0) is 14.3 Å². The molecule has 1 atom stereocenters. The van der Waals surface area contributed by atoms with E-state index in [4.69, 9.17) is 4.74 Å². The predicted octanol–water partition coefficient (Wildman–Crippen LogP) is 1.96. The van der Waals surface area contributed by atoms with Gasteiger partial charge in [-0.25, -0.2) is 4.79 Å². The van der Waals surface area contributed by atoms with Crippen LogP contribution in [0.2, 0.25) is 0 Å². The zero-order valence-electron chi connectivity index (χ0n) is 11.5. The van der Waals surface area contributed by atoms with Crippen LogP contribution < -0.4 is 10.9 Å². The van der Waals surface area contributed by atoms with Gasteiger partial charge < -0.3 is 9.47 Å². The molecule has 0 unspecified atom stereocenters. The van der Waals surface area contributed by atoms with Crippen molar-refractivity contribution >= 4 is 33.5 Å². The number of carbonyl (C=O) groups is 2. The Morgan fingerprint density at radius 3 is 2.65 bits per heavy atom. The van der Waals surface area contributed by atoms with Gasteiger partial charge in [0.15, 0.2) is 0 Å². The summed E-state index contributed by atoms with van der Waals surface area (Å²) in [7, 11) is 2.85. The van der Waals surface area contributed by atoms with E-state index in [9.17, 15) is 9.59 Å². The monoisotopic (exact) mass is 344 g/mol. The van der Waals surface area contributed by atoms with Crippen LogP contribution in [0.4, 0.5) is 5.69 Å². The number of hydrogen-bond acceptors (Lipinski definition) is 5. The molecule has 0 aliphatic rings. The number of halogens is 1. The maximum atomic E-state index is 11.7. The van der Waals surface area contributed by atoms with Crippen LogP contribution in [0.15, 0.2) is 22.7 Å². The number of amides is 1.